The average molecular weight is 657 g/mol. The summed E-state index contributed by atoms with van der Waals surface area (Å²) in [5.74, 6) is -3.04. The predicted octanol–water partition coefficient (Wildman–Crippen LogP) is 7.00. The Labute approximate surface area is 267 Å². The van der Waals surface area contributed by atoms with Crippen LogP contribution in [0.2, 0.25) is 0 Å². The van der Waals surface area contributed by atoms with E-state index >= 15 is 0 Å². The number of rotatable bonds is 10. The van der Waals surface area contributed by atoms with Crippen LogP contribution in [0.5, 0.6) is 5.75 Å². The van der Waals surface area contributed by atoms with Crippen LogP contribution in [0, 0.1) is 6.92 Å². The third kappa shape index (κ3) is 9.30. The van der Waals surface area contributed by atoms with E-state index in [4.69, 9.17) is 14.2 Å². The number of carbonyl (C=O) groups is 2. The van der Waals surface area contributed by atoms with Crippen LogP contribution in [0.25, 0.3) is 0 Å². The molecule has 9 nitrogen and oxygen atoms in total. The first-order valence-corrected chi connectivity index (χ1v) is 17.6. The van der Waals surface area contributed by atoms with Gasteiger partial charge in [0.15, 0.2) is 0 Å². The number of halogens is 2. The zero-order chi connectivity index (χ0) is 33.4. The minimum atomic E-state index is -4.09. The molecule has 0 N–H and O–H groups in total. The van der Waals surface area contributed by atoms with Crippen molar-refractivity contribution < 1.29 is 41.0 Å². The predicted molar refractivity (Wildman–Crippen MR) is 166 cm³/mol. The lowest BCUT2D eigenvalue weighted by Gasteiger charge is -2.37. The van der Waals surface area contributed by atoms with E-state index < -0.39 is 50.9 Å². The summed E-state index contributed by atoms with van der Waals surface area (Å²) >= 11 is 0. The van der Waals surface area contributed by atoms with E-state index in [1.807, 2.05) is 6.92 Å². The zero-order valence-corrected chi connectivity index (χ0v) is 28.6. The van der Waals surface area contributed by atoms with Gasteiger partial charge in [-0.05, 0) is 118 Å². The maximum absolute atomic E-state index is 14.0. The molecule has 0 aromatic heterocycles. The first-order chi connectivity index (χ1) is 20.7. The monoisotopic (exact) mass is 656 g/mol. The number of aryl methyl sites for hydroxylation is 1. The fourth-order valence-corrected chi connectivity index (χ4v) is 7.84. The van der Waals surface area contributed by atoms with Gasteiger partial charge in [0.25, 0.3) is 0 Å². The van der Waals surface area contributed by atoms with Crippen LogP contribution < -0.4 is 4.74 Å². The number of hydrogen-bond acceptors (Lipinski definition) is 7. The lowest BCUT2D eigenvalue weighted by Crippen LogP contribution is -2.47. The molecule has 0 spiro atoms. The summed E-state index contributed by atoms with van der Waals surface area (Å²) in [7, 11) is -4.09. The lowest BCUT2D eigenvalue weighted by molar-refractivity contribution is -0.158. The standard InChI is InChI=1S/C33H50F2N2O7S/c1-23-11-12-27(45(40,41)37-21-8-10-25(37)28(38)43-30(2,3)4)26(22-23)42-32(18-19-32)15-9-20-36(29(39)44-31(5,6)7)24-13-16-33(34,35)17-14-24/h11-12,22,24-25H,8-10,13-21H2,1-7H3/t25-/m0/s1. The Hall–Kier alpha value is -2.47. The van der Waals surface area contributed by atoms with Gasteiger partial charge in [0.05, 0.1) is 0 Å². The van der Waals surface area contributed by atoms with Crippen LogP contribution in [0.3, 0.4) is 0 Å². The SMILES string of the molecule is Cc1ccc(S(=O)(=O)N2CCC[C@H]2C(=O)OC(C)(C)C)c(OC2(CCCN(C(=O)OC(C)(C)C)C3CCC(F)(F)CC3)CC2)c1. The molecule has 254 valence electrons. The molecule has 0 radical (unpaired) electrons. The summed E-state index contributed by atoms with van der Waals surface area (Å²) in [5.41, 5.74) is -1.24. The minimum absolute atomic E-state index is 0.00773. The van der Waals surface area contributed by atoms with Gasteiger partial charge < -0.3 is 19.1 Å². The molecule has 45 heavy (non-hydrogen) atoms. The number of alkyl halides is 2. The molecule has 1 amide bonds. The summed E-state index contributed by atoms with van der Waals surface area (Å²) in [6.45, 7) is 13.0. The van der Waals surface area contributed by atoms with Gasteiger partial charge in [-0.25, -0.2) is 22.0 Å². The Bertz CT molecular complexity index is 1340. The molecular weight excluding hydrogens is 606 g/mol. The van der Waals surface area contributed by atoms with Crippen molar-refractivity contribution in [1.29, 1.82) is 0 Å². The van der Waals surface area contributed by atoms with Crippen molar-refractivity contribution in [2.75, 3.05) is 13.1 Å². The van der Waals surface area contributed by atoms with Crippen LogP contribution in [0.1, 0.15) is 111 Å². The summed E-state index contributed by atoms with van der Waals surface area (Å²) in [6.07, 6.45) is 2.81. The van der Waals surface area contributed by atoms with Gasteiger partial charge in [0.2, 0.25) is 15.9 Å². The van der Waals surface area contributed by atoms with Crippen LogP contribution in [0.15, 0.2) is 23.1 Å². The number of amides is 1. The largest absolute Gasteiger partial charge is 0.486 e. The van der Waals surface area contributed by atoms with E-state index in [0.717, 1.165) is 5.56 Å². The van der Waals surface area contributed by atoms with Crippen molar-refractivity contribution in [1.82, 2.24) is 9.21 Å². The maximum atomic E-state index is 14.0. The summed E-state index contributed by atoms with van der Waals surface area (Å²) < 4.78 is 74.6. The number of benzene rings is 1. The molecule has 1 aromatic carbocycles. The number of sulfonamides is 1. The van der Waals surface area contributed by atoms with Crippen LogP contribution in [0.4, 0.5) is 13.6 Å². The highest BCUT2D eigenvalue weighted by molar-refractivity contribution is 7.89. The van der Waals surface area contributed by atoms with Gasteiger partial charge in [-0.2, -0.15) is 4.31 Å². The Balaban J connectivity index is 1.48. The first-order valence-electron chi connectivity index (χ1n) is 16.1. The van der Waals surface area contributed by atoms with E-state index in [9.17, 15) is 26.8 Å². The minimum Gasteiger partial charge on any atom is -0.486 e. The van der Waals surface area contributed by atoms with Gasteiger partial charge in [-0.15, -0.1) is 0 Å². The zero-order valence-electron chi connectivity index (χ0n) is 27.8. The topological polar surface area (TPSA) is 102 Å². The third-order valence-electron chi connectivity index (χ3n) is 8.49. The van der Waals surface area contributed by atoms with E-state index in [0.29, 0.717) is 45.1 Å². The number of ether oxygens (including phenoxy) is 3. The molecule has 3 aliphatic rings. The Kier molecular flexibility index (Phi) is 10.2. The van der Waals surface area contributed by atoms with Crippen molar-refractivity contribution in [3.63, 3.8) is 0 Å². The summed E-state index contributed by atoms with van der Waals surface area (Å²) in [5, 5.41) is 0. The van der Waals surface area contributed by atoms with Crippen LogP contribution >= 0.6 is 0 Å². The molecule has 12 heteroatoms. The molecule has 3 fully saturated rings. The lowest BCUT2D eigenvalue weighted by atomic mass is 9.91. The van der Waals surface area contributed by atoms with Crippen molar-refractivity contribution >= 4 is 22.1 Å². The van der Waals surface area contributed by atoms with Gasteiger partial charge in [0.1, 0.15) is 33.5 Å². The molecule has 1 saturated heterocycles. The van der Waals surface area contributed by atoms with E-state index in [1.54, 1.807) is 58.6 Å². The Morgan fingerprint density at radius 1 is 0.978 bits per heavy atom. The molecule has 0 bridgehead atoms. The van der Waals surface area contributed by atoms with Gasteiger partial charge >= 0.3 is 12.1 Å². The maximum Gasteiger partial charge on any atom is 0.410 e. The third-order valence-corrected chi connectivity index (χ3v) is 10.4. The second kappa shape index (κ2) is 13.0. The summed E-state index contributed by atoms with van der Waals surface area (Å²) in [6, 6.07) is 3.72. The van der Waals surface area contributed by atoms with Crippen molar-refractivity contribution in [2.45, 2.75) is 152 Å². The van der Waals surface area contributed by atoms with Gasteiger partial charge in [-0.3, -0.25) is 4.79 Å². The molecule has 1 aromatic rings. The summed E-state index contributed by atoms with van der Waals surface area (Å²) in [4.78, 5) is 27.7. The van der Waals surface area contributed by atoms with E-state index in [-0.39, 0.29) is 48.9 Å². The van der Waals surface area contributed by atoms with Crippen molar-refractivity contribution in [2.24, 2.45) is 0 Å². The molecule has 2 aliphatic carbocycles. The first kappa shape index (κ1) is 35.4. The highest BCUT2D eigenvalue weighted by Crippen LogP contribution is 2.46. The fourth-order valence-electron chi connectivity index (χ4n) is 6.10. The number of carbonyl (C=O) groups excluding carboxylic acids is 2. The fraction of sp³-hybridized carbons (Fsp3) is 0.758. The van der Waals surface area contributed by atoms with Gasteiger partial charge in [-0.1, -0.05) is 6.07 Å². The Morgan fingerprint density at radius 3 is 2.18 bits per heavy atom. The van der Waals surface area contributed by atoms with Crippen LogP contribution in [-0.2, 0) is 24.3 Å². The molecule has 0 unspecified atom stereocenters. The number of nitrogens with zero attached hydrogens (tertiary/aromatic N) is 2. The molecule has 1 aliphatic heterocycles. The van der Waals surface area contributed by atoms with E-state index in [2.05, 4.69) is 0 Å². The van der Waals surface area contributed by atoms with Crippen molar-refractivity contribution in [3.8, 4) is 5.75 Å². The number of hydrogen-bond donors (Lipinski definition) is 0. The van der Waals surface area contributed by atoms with Gasteiger partial charge in [0, 0.05) is 32.0 Å². The number of esters is 1. The molecular formula is C33H50F2N2O7S. The highest BCUT2D eigenvalue weighted by atomic mass is 32.2. The quantitative estimate of drug-likeness (QED) is 0.250. The second-order valence-electron chi connectivity index (χ2n) is 14.9. The van der Waals surface area contributed by atoms with Crippen LogP contribution in [-0.4, -0.2) is 77.6 Å². The molecule has 1 atom stereocenters. The molecule has 4 rings (SSSR count). The van der Waals surface area contributed by atoms with Crippen molar-refractivity contribution in [3.05, 3.63) is 23.8 Å². The molecule has 2 saturated carbocycles. The second-order valence-corrected chi connectivity index (χ2v) is 16.8. The average Bonchev–Trinajstić information content (AvgIpc) is 3.44. The normalized spacial score (nSPS) is 22.1. The smallest absolute Gasteiger partial charge is 0.410 e. The highest BCUT2D eigenvalue weighted by Gasteiger charge is 2.48. The Morgan fingerprint density at radius 2 is 1.60 bits per heavy atom. The van der Waals surface area contributed by atoms with E-state index in [1.165, 1.54) is 10.4 Å². The molecule has 1 heterocycles.